The van der Waals surface area contributed by atoms with Crippen molar-refractivity contribution in [2.45, 2.75) is 13.0 Å². The number of aromatic hydroxyl groups is 1. The molecule has 0 aromatic heterocycles. The summed E-state index contributed by atoms with van der Waals surface area (Å²) in [7, 11) is 0. The van der Waals surface area contributed by atoms with Crippen molar-refractivity contribution in [2.24, 2.45) is 0 Å². The molecule has 110 valence electrons. The Balaban J connectivity index is 0.00000162. The van der Waals surface area contributed by atoms with E-state index in [0.717, 1.165) is 32.2 Å². The molecule has 0 amide bonds. The van der Waals surface area contributed by atoms with Gasteiger partial charge in [0.1, 0.15) is 0 Å². The second-order valence-corrected chi connectivity index (χ2v) is 4.72. The number of nitrogens with one attached hydrogen (secondary N) is 1. The Morgan fingerprint density at radius 2 is 1.89 bits per heavy atom. The van der Waals surface area contributed by atoms with Crippen LogP contribution in [0.4, 0.5) is 4.39 Å². The molecular formula is C12H18Cl3FN2O. The van der Waals surface area contributed by atoms with Gasteiger partial charge in [0.05, 0.1) is 0 Å². The summed E-state index contributed by atoms with van der Waals surface area (Å²) in [5.41, 5.74) is 0.553. The Kier molecular flexibility index (Phi) is 8.01. The number of phenolic OH excluding ortho intramolecular Hbond substituents is 1. The zero-order valence-corrected chi connectivity index (χ0v) is 12.9. The van der Waals surface area contributed by atoms with Crippen LogP contribution in [0.3, 0.4) is 0 Å². The molecule has 0 bridgehead atoms. The number of benzene rings is 1. The van der Waals surface area contributed by atoms with Crippen molar-refractivity contribution in [3.05, 3.63) is 28.5 Å². The SMILES string of the molecule is C[C@@H](c1cc(Cl)cc(F)c1O)N1CCNCC1.Cl.Cl. The average molecular weight is 332 g/mol. The van der Waals surface area contributed by atoms with Crippen molar-refractivity contribution in [1.82, 2.24) is 10.2 Å². The van der Waals surface area contributed by atoms with Gasteiger partial charge in [-0.25, -0.2) is 4.39 Å². The topological polar surface area (TPSA) is 35.5 Å². The third kappa shape index (κ3) is 4.36. The Morgan fingerprint density at radius 1 is 1.32 bits per heavy atom. The standard InChI is InChI=1S/C12H16ClFN2O.2ClH/c1-8(16-4-2-15-3-5-16)10-6-9(13)7-11(14)12(10)17;;/h6-8,15,17H,2-5H2,1H3;2*1H/t8-;;/m0../s1. The molecule has 0 radical (unpaired) electrons. The fourth-order valence-corrected chi connectivity index (χ4v) is 2.38. The lowest BCUT2D eigenvalue weighted by Gasteiger charge is -2.33. The van der Waals surface area contributed by atoms with Gasteiger partial charge in [-0.05, 0) is 19.1 Å². The van der Waals surface area contributed by atoms with Crippen LogP contribution in [0, 0.1) is 5.82 Å². The van der Waals surface area contributed by atoms with E-state index in [9.17, 15) is 9.50 Å². The van der Waals surface area contributed by atoms with Crippen molar-refractivity contribution in [1.29, 1.82) is 0 Å². The van der Waals surface area contributed by atoms with Crippen LogP contribution >= 0.6 is 36.4 Å². The number of piperazine rings is 1. The third-order valence-corrected chi connectivity index (χ3v) is 3.43. The summed E-state index contributed by atoms with van der Waals surface area (Å²) in [6.45, 7) is 5.54. The van der Waals surface area contributed by atoms with Crippen molar-refractivity contribution < 1.29 is 9.50 Å². The number of halogens is 4. The molecule has 1 fully saturated rings. The molecule has 1 aliphatic heterocycles. The first-order valence-corrected chi connectivity index (χ1v) is 6.10. The van der Waals surface area contributed by atoms with Gasteiger partial charge in [-0.15, -0.1) is 24.8 Å². The van der Waals surface area contributed by atoms with Crippen LogP contribution in [0.15, 0.2) is 12.1 Å². The number of rotatable bonds is 2. The molecule has 2 rings (SSSR count). The Morgan fingerprint density at radius 3 is 2.47 bits per heavy atom. The van der Waals surface area contributed by atoms with Gasteiger partial charge >= 0.3 is 0 Å². The minimum absolute atomic E-state index is 0. The van der Waals surface area contributed by atoms with E-state index in [1.54, 1.807) is 6.07 Å². The zero-order valence-electron chi connectivity index (χ0n) is 10.5. The number of phenols is 1. The summed E-state index contributed by atoms with van der Waals surface area (Å²) in [5.74, 6) is -0.949. The van der Waals surface area contributed by atoms with Crippen molar-refractivity contribution in [3.8, 4) is 5.75 Å². The minimum Gasteiger partial charge on any atom is -0.505 e. The van der Waals surface area contributed by atoms with Gasteiger partial charge in [0, 0.05) is 42.8 Å². The van der Waals surface area contributed by atoms with E-state index < -0.39 is 5.82 Å². The first kappa shape index (κ1) is 18.7. The molecule has 1 aliphatic rings. The fraction of sp³-hybridized carbons (Fsp3) is 0.500. The molecule has 2 N–H and O–H groups in total. The lowest BCUT2D eigenvalue weighted by Crippen LogP contribution is -2.44. The highest BCUT2D eigenvalue weighted by Gasteiger charge is 2.22. The maximum absolute atomic E-state index is 13.4. The smallest absolute Gasteiger partial charge is 0.166 e. The van der Waals surface area contributed by atoms with Crippen LogP contribution in [0.5, 0.6) is 5.75 Å². The predicted octanol–water partition coefficient (Wildman–Crippen LogP) is 2.99. The molecule has 1 saturated heterocycles. The van der Waals surface area contributed by atoms with Gasteiger partial charge in [0.2, 0.25) is 0 Å². The monoisotopic (exact) mass is 330 g/mol. The van der Waals surface area contributed by atoms with E-state index in [1.807, 2.05) is 6.92 Å². The molecule has 1 heterocycles. The molecule has 0 spiro atoms. The van der Waals surface area contributed by atoms with Crippen LogP contribution in [-0.4, -0.2) is 36.2 Å². The van der Waals surface area contributed by atoms with Gasteiger partial charge in [0.25, 0.3) is 0 Å². The van der Waals surface area contributed by atoms with Crippen LogP contribution in [0.2, 0.25) is 5.02 Å². The van der Waals surface area contributed by atoms with Gasteiger partial charge in [-0.1, -0.05) is 11.6 Å². The second kappa shape index (κ2) is 8.12. The van der Waals surface area contributed by atoms with Gasteiger partial charge in [0.15, 0.2) is 11.6 Å². The maximum Gasteiger partial charge on any atom is 0.166 e. The normalized spacial score (nSPS) is 17.2. The summed E-state index contributed by atoms with van der Waals surface area (Å²) >= 11 is 5.82. The highest BCUT2D eigenvalue weighted by molar-refractivity contribution is 6.30. The van der Waals surface area contributed by atoms with Crippen LogP contribution in [-0.2, 0) is 0 Å². The lowest BCUT2D eigenvalue weighted by molar-refractivity contribution is 0.182. The third-order valence-electron chi connectivity index (χ3n) is 3.21. The Labute approximate surface area is 129 Å². The Bertz CT molecular complexity index is 414. The molecular weight excluding hydrogens is 314 g/mol. The summed E-state index contributed by atoms with van der Waals surface area (Å²) in [6, 6.07) is 2.72. The molecule has 0 unspecified atom stereocenters. The fourth-order valence-electron chi connectivity index (χ4n) is 2.17. The molecule has 3 nitrogen and oxygen atoms in total. The summed E-state index contributed by atoms with van der Waals surface area (Å²) in [6.07, 6.45) is 0. The van der Waals surface area contributed by atoms with Gasteiger partial charge < -0.3 is 10.4 Å². The van der Waals surface area contributed by atoms with E-state index >= 15 is 0 Å². The van der Waals surface area contributed by atoms with E-state index in [4.69, 9.17) is 11.6 Å². The first-order chi connectivity index (χ1) is 8.09. The lowest BCUT2D eigenvalue weighted by atomic mass is 10.0. The summed E-state index contributed by atoms with van der Waals surface area (Å²) < 4.78 is 13.4. The summed E-state index contributed by atoms with van der Waals surface area (Å²) in [4.78, 5) is 2.20. The molecule has 1 atom stereocenters. The highest BCUT2D eigenvalue weighted by Crippen LogP contribution is 2.33. The molecule has 0 saturated carbocycles. The molecule has 0 aliphatic carbocycles. The molecule has 19 heavy (non-hydrogen) atoms. The summed E-state index contributed by atoms with van der Waals surface area (Å²) in [5, 5.41) is 13.3. The van der Waals surface area contributed by atoms with Crippen molar-refractivity contribution in [3.63, 3.8) is 0 Å². The quantitative estimate of drug-likeness (QED) is 0.874. The van der Waals surface area contributed by atoms with Crippen LogP contribution in [0.25, 0.3) is 0 Å². The molecule has 7 heteroatoms. The van der Waals surface area contributed by atoms with E-state index in [0.29, 0.717) is 10.6 Å². The average Bonchev–Trinajstić information content (AvgIpc) is 2.34. The zero-order chi connectivity index (χ0) is 12.4. The van der Waals surface area contributed by atoms with Crippen LogP contribution in [0.1, 0.15) is 18.5 Å². The van der Waals surface area contributed by atoms with Crippen LogP contribution < -0.4 is 5.32 Å². The first-order valence-electron chi connectivity index (χ1n) is 5.72. The molecule has 1 aromatic carbocycles. The minimum atomic E-state index is -0.658. The maximum atomic E-state index is 13.4. The van der Waals surface area contributed by atoms with E-state index in [2.05, 4.69) is 10.2 Å². The van der Waals surface area contributed by atoms with E-state index in [1.165, 1.54) is 0 Å². The Hall–Kier alpha value is -0.260. The van der Waals surface area contributed by atoms with E-state index in [-0.39, 0.29) is 36.6 Å². The van der Waals surface area contributed by atoms with Gasteiger partial charge in [-0.3, -0.25) is 4.90 Å². The number of hydrogen-bond donors (Lipinski definition) is 2. The van der Waals surface area contributed by atoms with Crippen molar-refractivity contribution >= 4 is 36.4 Å². The second-order valence-electron chi connectivity index (χ2n) is 4.29. The largest absolute Gasteiger partial charge is 0.505 e. The molecule has 1 aromatic rings. The number of nitrogens with zero attached hydrogens (tertiary/aromatic N) is 1. The predicted molar refractivity (Wildman–Crippen MR) is 80.4 cm³/mol. The van der Waals surface area contributed by atoms with Gasteiger partial charge in [-0.2, -0.15) is 0 Å². The number of hydrogen-bond acceptors (Lipinski definition) is 3. The van der Waals surface area contributed by atoms with Crippen molar-refractivity contribution in [2.75, 3.05) is 26.2 Å². The highest BCUT2D eigenvalue weighted by atomic mass is 35.5.